The molecule has 3 heterocycles. The highest BCUT2D eigenvalue weighted by Gasteiger charge is 2.47. The van der Waals surface area contributed by atoms with E-state index >= 15 is 0 Å². The highest BCUT2D eigenvalue weighted by molar-refractivity contribution is 5.81. The summed E-state index contributed by atoms with van der Waals surface area (Å²) < 4.78 is 28.6. The summed E-state index contributed by atoms with van der Waals surface area (Å²) in [4.78, 5) is 22.4. The van der Waals surface area contributed by atoms with E-state index < -0.39 is 5.97 Å². The van der Waals surface area contributed by atoms with Crippen LogP contribution in [0.1, 0.15) is 39.0 Å². The van der Waals surface area contributed by atoms with E-state index in [0.717, 1.165) is 32.2 Å². The highest BCUT2D eigenvalue weighted by Crippen LogP contribution is 2.37. The normalized spacial score (nSPS) is 37.8. The molecule has 25 heavy (non-hydrogen) atoms. The summed E-state index contributed by atoms with van der Waals surface area (Å²) >= 11 is 0. The Bertz CT molecular complexity index is 492. The van der Waals surface area contributed by atoms with Crippen molar-refractivity contribution in [3.8, 4) is 0 Å². The maximum Gasteiger partial charge on any atom is 0.333 e. The molecule has 7 heteroatoms. The average Bonchev–Trinajstić information content (AvgIpc) is 2.61. The summed E-state index contributed by atoms with van der Waals surface area (Å²) in [7, 11) is 0. The van der Waals surface area contributed by atoms with Gasteiger partial charge >= 0.3 is 5.97 Å². The topological polar surface area (TPSA) is 80.3 Å². The Morgan fingerprint density at radius 2 is 2.00 bits per heavy atom. The fraction of sp³-hybridized carbons (Fsp3) is 0.778. The van der Waals surface area contributed by atoms with Crippen LogP contribution in [-0.4, -0.2) is 62.1 Å². The molecule has 0 unspecified atom stereocenters. The van der Waals surface area contributed by atoms with Gasteiger partial charge in [0.25, 0.3) is 0 Å². The van der Waals surface area contributed by atoms with Gasteiger partial charge in [0, 0.05) is 25.9 Å². The summed E-state index contributed by atoms with van der Waals surface area (Å²) in [5.74, 6) is -0.458. The van der Waals surface area contributed by atoms with Crippen molar-refractivity contribution in [2.24, 2.45) is 0 Å². The van der Waals surface area contributed by atoms with Crippen molar-refractivity contribution in [3.05, 3.63) is 12.3 Å². The Morgan fingerprint density at radius 3 is 2.80 bits per heavy atom. The standard InChI is InChI=1S/C18H26O7/c1-2-21-18(20)6-9-23-15-11-16-17(25-13(15)5-7-19)10-14-12(24-16)4-3-8-22-14/h6-7,9,12-17H,2-5,8,10-11H2,1H3/b9-6+/t12-,13+,14+,15-,16+,17-/m0/s1. The highest BCUT2D eigenvalue weighted by atomic mass is 16.6. The zero-order valence-corrected chi connectivity index (χ0v) is 14.5. The molecule has 3 fully saturated rings. The molecule has 0 saturated carbocycles. The Labute approximate surface area is 147 Å². The van der Waals surface area contributed by atoms with Crippen LogP contribution in [0.5, 0.6) is 0 Å². The first-order chi connectivity index (χ1) is 12.2. The summed E-state index contributed by atoms with van der Waals surface area (Å²) in [6.07, 6.45) is 6.39. The molecular weight excluding hydrogens is 328 g/mol. The number of carbonyl (C=O) groups is 2. The predicted molar refractivity (Wildman–Crippen MR) is 86.9 cm³/mol. The Kier molecular flexibility index (Phi) is 6.45. The van der Waals surface area contributed by atoms with Gasteiger partial charge in [0.2, 0.25) is 0 Å². The molecule has 0 spiro atoms. The number of fused-ring (bicyclic) bond motifs is 2. The van der Waals surface area contributed by atoms with Gasteiger partial charge in [-0.15, -0.1) is 0 Å². The van der Waals surface area contributed by atoms with Crippen LogP contribution in [0, 0.1) is 0 Å². The van der Waals surface area contributed by atoms with Gasteiger partial charge in [-0.1, -0.05) is 0 Å². The van der Waals surface area contributed by atoms with Crippen LogP contribution < -0.4 is 0 Å². The lowest BCUT2D eigenvalue weighted by Crippen LogP contribution is -2.57. The summed E-state index contributed by atoms with van der Waals surface area (Å²) in [6.45, 7) is 2.82. The third-order valence-corrected chi connectivity index (χ3v) is 4.91. The summed E-state index contributed by atoms with van der Waals surface area (Å²) in [5.41, 5.74) is 0. The maximum absolute atomic E-state index is 11.4. The van der Waals surface area contributed by atoms with E-state index in [2.05, 4.69) is 0 Å². The largest absolute Gasteiger partial charge is 0.495 e. The van der Waals surface area contributed by atoms with Gasteiger partial charge in [0.15, 0.2) is 0 Å². The zero-order valence-electron chi connectivity index (χ0n) is 14.5. The van der Waals surface area contributed by atoms with Gasteiger partial charge in [0.05, 0.1) is 43.4 Å². The fourth-order valence-corrected chi connectivity index (χ4v) is 3.76. The van der Waals surface area contributed by atoms with Crippen molar-refractivity contribution in [2.45, 2.75) is 75.7 Å². The quantitative estimate of drug-likeness (QED) is 0.310. The first-order valence-electron chi connectivity index (χ1n) is 9.06. The molecule has 0 aromatic rings. The van der Waals surface area contributed by atoms with Gasteiger partial charge in [0.1, 0.15) is 18.5 Å². The number of carbonyl (C=O) groups excluding carboxylic acids is 2. The van der Waals surface area contributed by atoms with Crippen molar-refractivity contribution in [1.29, 1.82) is 0 Å². The Morgan fingerprint density at radius 1 is 1.16 bits per heavy atom. The van der Waals surface area contributed by atoms with Crippen LogP contribution in [0.3, 0.4) is 0 Å². The number of ether oxygens (including phenoxy) is 5. The van der Waals surface area contributed by atoms with Crippen molar-refractivity contribution in [3.63, 3.8) is 0 Å². The monoisotopic (exact) mass is 354 g/mol. The Hall–Kier alpha value is -1.44. The smallest absolute Gasteiger partial charge is 0.333 e. The van der Waals surface area contributed by atoms with Crippen LogP contribution in [0.15, 0.2) is 12.3 Å². The summed E-state index contributed by atoms with van der Waals surface area (Å²) in [5, 5.41) is 0. The molecule has 6 atom stereocenters. The third kappa shape index (κ3) is 4.59. The van der Waals surface area contributed by atoms with Gasteiger partial charge in [-0.05, 0) is 19.8 Å². The second-order valence-corrected chi connectivity index (χ2v) is 6.58. The summed E-state index contributed by atoms with van der Waals surface area (Å²) in [6, 6.07) is 0. The van der Waals surface area contributed by atoms with Gasteiger partial charge in [-0.2, -0.15) is 0 Å². The van der Waals surface area contributed by atoms with E-state index in [1.807, 2.05) is 0 Å². The van der Waals surface area contributed by atoms with Gasteiger partial charge < -0.3 is 28.5 Å². The van der Waals surface area contributed by atoms with Crippen molar-refractivity contribution < 1.29 is 33.3 Å². The fourth-order valence-electron chi connectivity index (χ4n) is 3.76. The van der Waals surface area contributed by atoms with E-state index in [9.17, 15) is 9.59 Å². The first-order valence-corrected chi connectivity index (χ1v) is 9.06. The van der Waals surface area contributed by atoms with E-state index in [4.69, 9.17) is 23.7 Å². The molecule has 0 N–H and O–H groups in total. The zero-order chi connectivity index (χ0) is 17.6. The van der Waals surface area contributed by atoms with Crippen LogP contribution in [0.4, 0.5) is 0 Å². The lowest BCUT2D eigenvalue weighted by molar-refractivity contribution is -0.258. The van der Waals surface area contributed by atoms with Crippen molar-refractivity contribution >= 4 is 12.3 Å². The minimum absolute atomic E-state index is 0.0769. The minimum Gasteiger partial charge on any atom is -0.495 e. The van der Waals surface area contributed by atoms with E-state index in [0.29, 0.717) is 13.0 Å². The molecule has 7 nitrogen and oxygen atoms in total. The molecule has 3 saturated heterocycles. The molecule has 3 rings (SSSR count). The molecule has 3 aliphatic heterocycles. The lowest BCUT2D eigenvalue weighted by Gasteiger charge is -2.48. The van der Waals surface area contributed by atoms with Crippen molar-refractivity contribution in [1.82, 2.24) is 0 Å². The average molecular weight is 354 g/mol. The Balaban J connectivity index is 1.60. The molecule has 0 amide bonds. The minimum atomic E-state index is -0.458. The second kappa shape index (κ2) is 8.78. The molecule has 0 aromatic carbocycles. The van der Waals surface area contributed by atoms with Crippen LogP contribution in [-0.2, 0) is 33.3 Å². The molecular formula is C18H26O7. The molecule has 0 aromatic heterocycles. The van der Waals surface area contributed by atoms with E-state index in [1.165, 1.54) is 12.3 Å². The molecule has 140 valence electrons. The number of hydrogen-bond acceptors (Lipinski definition) is 7. The molecule has 0 bridgehead atoms. The van der Waals surface area contributed by atoms with E-state index in [1.54, 1.807) is 6.92 Å². The number of hydrogen-bond donors (Lipinski definition) is 0. The molecule has 0 aliphatic carbocycles. The van der Waals surface area contributed by atoms with Gasteiger partial charge in [-0.25, -0.2) is 4.79 Å². The number of esters is 1. The first kappa shape index (κ1) is 18.4. The third-order valence-electron chi connectivity index (χ3n) is 4.91. The molecule has 3 aliphatic rings. The lowest BCUT2D eigenvalue weighted by atomic mass is 9.87. The van der Waals surface area contributed by atoms with Crippen LogP contribution in [0.25, 0.3) is 0 Å². The second-order valence-electron chi connectivity index (χ2n) is 6.58. The van der Waals surface area contributed by atoms with E-state index in [-0.39, 0.29) is 43.0 Å². The van der Waals surface area contributed by atoms with Crippen LogP contribution >= 0.6 is 0 Å². The maximum atomic E-state index is 11.4. The van der Waals surface area contributed by atoms with Crippen molar-refractivity contribution in [2.75, 3.05) is 13.2 Å². The SMILES string of the molecule is CCOC(=O)/C=C/O[C@H]1C[C@H]2O[C@H]3CCCO[C@@H]3C[C@@H]2O[C@@H]1CC=O. The predicted octanol–water partition coefficient (Wildman–Crippen LogP) is 1.53. The van der Waals surface area contributed by atoms with Gasteiger partial charge in [-0.3, -0.25) is 0 Å². The number of aldehydes is 1. The molecule has 0 radical (unpaired) electrons. The van der Waals surface area contributed by atoms with Crippen LogP contribution in [0.2, 0.25) is 0 Å². The number of rotatable bonds is 6.